The number of carboxylic acid groups (broad SMARTS) is 1. The van der Waals surface area contributed by atoms with Crippen LogP contribution in [0.25, 0.3) is 0 Å². The van der Waals surface area contributed by atoms with E-state index in [9.17, 15) is 4.79 Å². The van der Waals surface area contributed by atoms with Gasteiger partial charge in [0.15, 0.2) is 0 Å². The Hall–Kier alpha value is -0.570. The summed E-state index contributed by atoms with van der Waals surface area (Å²) in [5.74, 6) is -0.687. The first-order chi connectivity index (χ1) is 6.13. The van der Waals surface area contributed by atoms with Crippen molar-refractivity contribution in [1.82, 2.24) is 0 Å². The molecule has 2 fully saturated rings. The van der Waals surface area contributed by atoms with Gasteiger partial charge in [-0.1, -0.05) is 12.8 Å². The molecule has 2 aliphatic carbocycles. The second kappa shape index (κ2) is 2.71. The summed E-state index contributed by atoms with van der Waals surface area (Å²) in [6, 6.07) is 0. The van der Waals surface area contributed by atoms with Crippen LogP contribution in [0.1, 0.15) is 38.5 Å². The standard InChI is InChI=1S/C10H17NO2/c11-7-10(8(12)13)5-9(6-10)3-1-2-4-9/h1-7,11H2,(H,12,13). The highest BCUT2D eigenvalue weighted by atomic mass is 16.4. The number of nitrogens with two attached hydrogens (primary N) is 1. The minimum Gasteiger partial charge on any atom is -0.481 e. The Morgan fingerprint density at radius 2 is 1.85 bits per heavy atom. The average Bonchev–Trinajstić information content (AvgIpc) is 2.48. The highest BCUT2D eigenvalue weighted by Crippen LogP contribution is 2.61. The lowest BCUT2D eigenvalue weighted by Gasteiger charge is -2.52. The normalized spacial score (nSPS) is 28.7. The Morgan fingerprint density at radius 3 is 2.23 bits per heavy atom. The largest absolute Gasteiger partial charge is 0.481 e. The fourth-order valence-electron chi connectivity index (χ4n) is 3.25. The van der Waals surface area contributed by atoms with Gasteiger partial charge in [0.2, 0.25) is 0 Å². The number of carbonyl (C=O) groups is 1. The lowest BCUT2D eigenvalue weighted by molar-refractivity contribution is -0.164. The third-order valence-electron chi connectivity index (χ3n) is 3.94. The minimum atomic E-state index is -0.687. The average molecular weight is 183 g/mol. The molecule has 0 aliphatic heterocycles. The van der Waals surface area contributed by atoms with E-state index in [0.29, 0.717) is 12.0 Å². The SMILES string of the molecule is NCC1(C(=O)O)CC2(CCCC2)C1. The second-order valence-corrected chi connectivity index (χ2v) is 4.85. The van der Waals surface area contributed by atoms with E-state index >= 15 is 0 Å². The predicted molar refractivity (Wildman–Crippen MR) is 49.3 cm³/mol. The van der Waals surface area contributed by atoms with Crippen LogP contribution in [0.5, 0.6) is 0 Å². The van der Waals surface area contributed by atoms with Crippen LogP contribution in [0.2, 0.25) is 0 Å². The first kappa shape index (κ1) is 9.00. The highest BCUT2D eigenvalue weighted by molar-refractivity contribution is 5.76. The summed E-state index contributed by atoms with van der Waals surface area (Å²) in [7, 11) is 0. The summed E-state index contributed by atoms with van der Waals surface area (Å²) in [5, 5.41) is 9.05. The molecule has 2 aliphatic rings. The molecule has 0 aromatic heterocycles. The Morgan fingerprint density at radius 1 is 1.31 bits per heavy atom. The van der Waals surface area contributed by atoms with Crippen LogP contribution >= 0.6 is 0 Å². The molecule has 0 aromatic rings. The molecule has 74 valence electrons. The highest BCUT2D eigenvalue weighted by Gasteiger charge is 2.58. The zero-order valence-corrected chi connectivity index (χ0v) is 7.88. The van der Waals surface area contributed by atoms with E-state index in [1.165, 1.54) is 25.7 Å². The van der Waals surface area contributed by atoms with Crippen molar-refractivity contribution in [2.75, 3.05) is 6.54 Å². The molecule has 0 aromatic carbocycles. The molecular formula is C10H17NO2. The van der Waals surface area contributed by atoms with Crippen LogP contribution in [0.3, 0.4) is 0 Å². The Balaban J connectivity index is 2.04. The van der Waals surface area contributed by atoms with Gasteiger partial charge >= 0.3 is 5.97 Å². The van der Waals surface area contributed by atoms with Gasteiger partial charge in [-0.2, -0.15) is 0 Å². The van der Waals surface area contributed by atoms with Crippen LogP contribution in [0, 0.1) is 10.8 Å². The molecule has 1 spiro atoms. The molecule has 0 saturated heterocycles. The fraction of sp³-hybridized carbons (Fsp3) is 0.900. The lowest BCUT2D eigenvalue weighted by Crippen LogP contribution is -2.54. The van der Waals surface area contributed by atoms with E-state index in [4.69, 9.17) is 10.8 Å². The number of aliphatic carboxylic acids is 1. The first-order valence-corrected chi connectivity index (χ1v) is 5.06. The zero-order valence-electron chi connectivity index (χ0n) is 7.88. The van der Waals surface area contributed by atoms with Crippen LogP contribution < -0.4 is 5.73 Å². The third kappa shape index (κ3) is 1.17. The van der Waals surface area contributed by atoms with E-state index in [2.05, 4.69) is 0 Å². The molecule has 3 nitrogen and oxygen atoms in total. The van der Waals surface area contributed by atoms with E-state index in [0.717, 1.165) is 12.8 Å². The smallest absolute Gasteiger partial charge is 0.310 e. The number of rotatable bonds is 2. The van der Waals surface area contributed by atoms with Crippen molar-refractivity contribution in [2.45, 2.75) is 38.5 Å². The Bertz CT molecular complexity index is 223. The molecule has 0 bridgehead atoms. The Labute approximate surface area is 78.3 Å². The molecule has 0 heterocycles. The van der Waals surface area contributed by atoms with Gasteiger partial charge < -0.3 is 10.8 Å². The third-order valence-corrected chi connectivity index (χ3v) is 3.94. The van der Waals surface area contributed by atoms with Gasteiger partial charge in [-0.3, -0.25) is 4.79 Å². The van der Waals surface area contributed by atoms with Crippen molar-refractivity contribution in [3.8, 4) is 0 Å². The maximum Gasteiger partial charge on any atom is 0.310 e. The maximum atomic E-state index is 11.0. The molecule has 0 radical (unpaired) electrons. The fourth-order valence-corrected chi connectivity index (χ4v) is 3.25. The lowest BCUT2D eigenvalue weighted by atomic mass is 9.52. The van der Waals surface area contributed by atoms with Gasteiger partial charge in [0.1, 0.15) is 0 Å². The van der Waals surface area contributed by atoms with E-state index in [1.54, 1.807) is 0 Å². The molecule has 0 atom stereocenters. The summed E-state index contributed by atoms with van der Waals surface area (Å²) in [4.78, 5) is 11.0. The van der Waals surface area contributed by atoms with Crippen molar-refractivity contribution in [2.24, 2.45) is 16.6 Å². The molecule has 0 unspecified atom stereocenters. The number of hydrogen-bond donors (Lipinski definition) is 2. The monoisotopic (exact) mass is 183 g/mol. The minimum absolute atomic E-state index is 0.310. The summed E-state index contributed by atoms with van der Waals surface area (Å²) < 4.78 is 0. The summed E-state index contributed by atoms with van der Waals surface area (Å²) >= 11 is 0. The molecular weight excluding hydrogens is 166 g/mol. The van der Waals surface area contributed by atoms with Crippen LogP contribution in [0.4, 0.5) is 0 Å². The molecule has 3 N–H and O–H groups in total. The van der Waals surface area contributed by atoms with Gasteiger partial charge in [-0.05, 0) is 31.1 Å². The van der Waals surface area contributed by atoms with Crippen LogP contribution in [-0.2, 0) is 4.79 Å². The molecule has 2 saturated carbocycles. The first-order valence-electron chi connectivity index (χ1n) is 5.06. The van der Waals surface area contributed by atoms with Gasteiger partial charge in [0.05, 0.1) is 5.41 Å². The topological polar surface area (TPSA) is 63.3 Å². The van der Waals surface area contributed by atoms with E-state index in [1.807, 2.05) is 0 Å². The molecule has 0 amide bonds. The molecule has 3 heteroatoms. The van der Waals surface area contributed by atoms with Crippen molar-refractivity contribution >= 4 is 5.97 Å². The van der Waals surface area contributed by atoms with Crippen LogP contribution in [-0.4, -0.2) is 17.6 Å². The van der Waals surface area contributed by atoms with Crippen molar-refractivity contribution in [3.05, 3.63) is 0 Å². The van der Waals surface area contributed by atoms with Crippen molar-refractivity contribution < 1.29 is 9.90 Å². The predicted octanol–water partition coefficient (Wildman–Crippen LogP) is 1.37. The number of carboxylic acids is 1. The molecule has 13 heavy (non-hydrogen) atoms. The van der Waals surface area contributed by atoms with Crippen molar-refractivity contribution in [3.63, 3.8) is 0 Å². The van der Waals surface area contributed by atoms with E-state index < -0.39 is 11.4 Å². The van der Waals surface area contributed by atoms with Gasteiger partial charge in [-0.25, -0.2) is 0 Å². The quantitative estimate of drug-likeness (QED) is 0.679. The zero-order chi connectivity index (χ0) is 9.53. The van der Waals surface area contributed by atoms with Gasteiger partial charge in [-0.15, -0.1) is 0 Å². The summed E-state index contributed by atoms with van der Waals surface area (Å²) in [6.07, 6.45) is 6.66. The Kier molecular flexibility index (Phi) is 1.88. The van der Waals surface area contributed by atoms with Gasteiger partial charge in [0, 0.05) is 6.54 Å². The number of hydrogen-bond acceptors (Lipinski definition) is 2. The maximum absolute atomic E-state index is 11.0. The van der Waals surface area contributed by atoms with Crippen molar-refractivity contribution in [1.29, 1.82) is 0 Å². The van der Waals surface area contributed by atoms with E-state index in [-0.39, 0.29) is 0 Å². The van der Waals surface area contributed by atoms with Crippen LogP contribution in [0.15, 0.2) is 0 Å². The second-order valence-electron chi connectivity index (χ2n) is 4.85. The molecule has 2 rings (SSSR count). The summed E-state index contributed by atoms with van der Waals surface area (Å²) in [6.45, 7) is 0.310. The van der Waals surface area contributed by atoms with Gasteiger partial charge in [0.25, 0.3) is 0 Å². The summed E-state index contributed by atoms with van der Waals surface area (Å²) in [5.41, 5.74) is 5.35.